The van der Waals surface area contributed by atoms with E-state index in [2.05, 4.69) is 16.0 Å². The van der Waals surface area contributed by atoms with Crippen molar-refractivity contribution in [3.63, 3.8) is 0 Å². The fourth-order valence-corrected chi connectivity index (χ4v) is 3.42. The lowest BCUT2D eigenvalue weighted by Crippen LogP contribution is -2.40. The quantitative estimate of drug-likeness (QED) is 0.918. The minimum atomic E-state index is 0.0620. The van der Waals surface area contributed by atoms with Crippen LogP contribution < -0.4 is 4.74 Å². The standard InChI is InChI=1S/C19H25N3O2/c1-3-18-20-12-16(21-18)19(23)22-10-6-7-14(13-22)11-15-8-4-5-9-17(15)24-2/h4-5,8-9,12,14H,3,6-7,10-11,13H2,1-2H3,(H,20,21). The predicted molar refractivity (Wildman–Crippen MR) is 93.3 cm³/mol. The average molecular weight is 327 g/mol. The summed E-state index contributed by atoms with van der Waals surface area (Å²) >= 11 is 0. The summed E-state index contributed by atoms with van der Waals surface area (Å²) in [4.78, 5) is 22.0. The number of H-pyrrole nitrogens is 1. The molecule has 0 aliphatic carbocycles. The number of ether oxygens (including phenoxy) is 1. The largest absolute Gasteiger partial charge is 0.496 e. The van der Waals surface area contributed by atoms with Crippen molar-refractivity contribution in [2.24, 2.45) is 5.92 Å². The van der Waals surface area contributed by atoms with Gasteiger partial charge in [-0.2, -0.15) is 0 Å². The second kappa shape index (κ2) is 7.51. The number of para-hydroxylation sites is 1. The SMILES string of the molecule is CCc1ncc(C(=O)N2CCCC(Cc3ccccc3OC)C2)[nH]1. The predicted octanol–water partition coefficient (Wildman–Crippen LogP) is 3.08. The number of nitrogens with zero attached hydrogens (tertiary/aromatic N) is 2. The molecule has 2 heterocycles. The average Bonchev–Trinajstić information content (AvgIpc) is 3.11. The normalized spacial score (nSPS) is 17.8. The Labute approximate surface area is 143 Å². The highest BCUT2D eigenvalue weighted by Crippen LogP contribution is 2.26. The van der Waals surface area contributed by atoms with E-state index in [0.29, 0.717) is 11.6 Å². The maximum Gasteiger partial charge on any atom is 0.271 e. The van der Waals surface area contributed by atoms with Gasteiger partial charge in [0.05, 0.1) is 13.3 Å². The molecule has 128 valence electrons. The molecule has 1 atom stereocenters. The summed E-state index contributed by atoms with van der Waals surface area (Å²) in [6.07, 6.45) is 5.59. The summed E-state index contributed by atoms with van der Waals surface area (Å²) < 4.78 is 5.45. The van der Waals surface area contributed by atoms with Gasteiger partial charge < -0.3 is 14.6 Å². The minimum absolute atomic E-state index is 0.0620. The van der Waals surface area contributed by atoms with E-state index >= 15 is 0 Å². The number of imidazole rings is 1. The molecule has 0 saturated carbocycles. The van der Waals surface area contributed by atoms with Crippen molar-refractivity contribution in [1.29, 1.82) is 0 Å². The van der Waals surface area contributed by atoms with Crippen molar-refractivity contribution in [3.8, 4) is 5.75 Å². The number of carbonyl (C=O) groups excluding carboxylic acids is 1. The van der Waals surface area contributed by atoms with Gasteiger partial charge in [-0.25, -0.2) is 4.98 Å². The fourth-order valence-electron chi connectivity index (χ4n) is 3.42. The lowest BCUT2D eigenvalue weighted by Gasteiger charge is -2.32. The number of methoxy groups -OCH3 is 1. The van der Waals surface area contributed by atoms with E-state index in [1.807, 2.05) is 30.0 Å². The molecule has 0 spiro atoms. The zero-order valence-electron chi connectivity index (χ0n) is 14.4. The first kappa shape index (κ1) is 16.6. The molecular formula is C19H25N3O2. The number of rotatable bonds is 5. The molecule has 0 radical (unpaired) electrons. The van der Waals surface area contributed by atoms with Crippen molar-refractivity contribution in [2.45, 2.75) is 32.6 Å². The van der Waals surface area contributed by atoms with Crippen LogP contribution in [0.2, 0.25) is 0 Å². The zero-order chi connectivity index (χ0) is 16.9. The zero-order valence-corrected chi connectivity index (χ0v) is 14.4. The summed E-state index contributed by atoms with van der Waals surface area (Å²) in [6, 6.07) is 8.14. The number of hydrogen-bond donors (Lipinski definition) is 1. The van der Waals surface area contributed by atoms with Crippen LogP contribution in [0.25, 0.3) is 0 Å². The van der Waals surface area contributed by atoms with Gasteiger partial charge in [0.15, 0.2) is 0 Å². The third-order valence-corrected chi connectivity index (χ3v) is 4.70. The van der Waals surface area contributed by atoms with Crippen LogP contribution in [-0.2, 0) is 12.8 Å². The number of piperidine rings is 1. The van der Waals surface area contributed by atoms with Gasteiger partial charge in [0.1, 0.15) is 17.3 Å². The van der Waals surface area contributed by atoms with Crippen molar-refractivity contribution in [3.05, 3.63) is 47.5 Å². The number of carbonyl (C=O) groups is 1. The summed E-state index contributed by atoms with van der Waals surface area (Å²) in [7, 11) is 1.71. The lowest BCUT2D eigenvalue weighted by molar-refractivity contribution is 0.0667. The van der Waals surface area contributed by atoms with Crippen molar-refractivity contribution < 1.29 is 9.53 Å². The van der Waals surface area contributed by atoms with Crippen molar-refractivity contribution >= 4 is 5.91 Å². The van der Waals surface area contributed by atoms with Crippen molar-refractivity contribution in [2.75, 3.05) is 20.2 Å². The van der Waals surface area contributed by atoms with E-state index < -0.39 is 0 Å². The highest BCUT2D eigenvalue weighted by Gasteiger charge is 2.26. The van der Waals surface area contributed by atoms with Crippen LogP contribution in [-0.4, -0.2) is 41.0 Å². The lowest BCUT2D eigenvalue weighted by atomic mass is 9.91. The summed E-state index contributed by atoms with van der Waals surface area (Å²) in [5, 5.41) is 0. The van der Waals surface area contributed by atoms with Gasteiger partial charge in [0, 0.05) is 19.5 Å². The second-order valence-electron chi connectivity index (χ2n) is 6.37. The Morgan fingerprint density at radius 1 is 1.42 bits per heavy atom. The Bertz CT molecular complexity index is 695. The molecule has 2 aromatic rings. The molecule has 1 aromatic carbocycles. The number of nitrogens with one attached hydrogen (secondary N) is 1. The minimum Gasteiger partial charge on any atom is -0.496 e. The first-order valence-corrected chi connectivity index (χ1v) is 8.66. The highest BCUT2D eigenvalue weighted by atomic mass is 16.5. The number of likely N-dealkylation sites (tertiary alicyclic amines) is 1. The van der Waals surface area contributed by atoms with Crippen molar-refractivity contribution in [1.82, 2.24) is 14.9 Å². The van der Waals surface area contributed by atoms with Crippen LogP contribution in [0.1, 0.15) is 41.6 Å². The number of aromatic nitrogens is 2. The molecule has 1 aliphatic rings. The maximum absolute atomic E-state index is 12.7. The molecule has 3 rings (SSSR count). The molecule has 1 aromatic heterocycles. The van der Waals surface area contributed by atoms with Crippen LogP contribution in [0.3, 0.4) is 0 Å². The van der Waals surface area contributed by atoms with Crippen LogP contribution in [0.15, 0.2) is 30.5 Å². The molecule has 24 heavy (non-hydrogen) atoms. The van der Waals surface area contributed by atoms with Gasteiger partial charge in [0.25, 0.3) is 5.91 Å². The molecule has 1 unspecified atom stereocenters. The van der Waals surface area contributed by atoms with Crippen LogP contribution in [0.5, 0.6) is 5.75 Å². The molecule has 1 fully saturated rings. The van der Waals surface area contributed by atoms with E-state index in [1.54, 1.807) is 13.3 Å². The van der Waals surface area contributed by atoms with Gasteiger partial charge in [-0.3, -0.25) is 4.79 Å². The summed E-state index contributed by atoms with van der Waals surface area (Å²) in [6.45, 7) is 3.64. The van der Waals surface area contributed by atoms with Gasteiger partial charge in [-0.05, 0) is 36.8 Å². The molecule has 1 amide bonds. The number of benzene rings is 1. The monoisotopic (exact) mass is 327 g/mol. The Morgan fingerprint density at radius 2 is 2.25 bits per heavy atom. The molecule has 1 N–H and O–H groups in total. The Kier molecular flexibility index (Phi) is 5.18. The molecular weight excluding hydrogens is 302 g/mol. The molecule has 5 nitrogen and oxygen atoms in total. The number of aryl methyl sites for hydroxylation is 1. The first-order valence-electron chi connectivity index (χ1n) is 8.66. The van der Waals surface area contributed by atoms with E-state index in [1.165, 1.54) is 5.56 Å². The maximum atomic E-state index is 12.7. The van der Waals surface area contributed by atoms with Gasteiger partial charge >= 0.3 is 0 Å². The Hall–Kier alpha value is -2.30. The topological polar surface area (TPSA) is 58.2 Å². The fraction of sp³-hybridized carbons (Fsp3) is 0.474. The molecule has 1 saturated heterocycles. The number of hydrogen-bond acceptors (Lipinski definition) is 3. The molecule has 1 aliphatic heterocycles. The smallest absolute Gasteiger partial charge is 0.271 e. The first-order chi connectivity index (χ1) is 11.7. The van der Waals surface area contributed by atoms with E-state index in [0.717, 1.165) is 50.3 Å². The van der Waals surface area contributed by atoms with E-state index in [-0.39, 0.29) is 5.91 Å². The van der Waals surface area contributed by atoms with Crippen LogP contribution >= 0.6 is 0 Å². The third-order valence-electron chi connectivity index (χ3n) is 4.70. The van der Waals surface area contributed by atoms with E-state index in [9.17, 15) is 4.79 Å². The third kappa shape index (κ3) is 3.61. The van der Waals surface area contributed by atoms with E-state index in [4.69, 9.17) is 4.74 Å². The number of amides is 1. The summed E-state index contributed by atoms with van der Waals surface area (Å²) in [5.74, 6) is 2.32. The Balaban J connectivity index is 1.66. The molecule has 5 heteroatoms. The van der Waals surface area contributed by atoms with Crippen LogP contribution in [0, 0.1) is 5.92 Å². The van der Waals surface area contributed by atoms with Gasteiger partial charge in [0.2, 0.25) is 0 Å². The highest BCUT2D eigenvalue weighted by molar-refractivity contribution is 5.92. The van der Waals surface area contributed by atoms with Crippen LogP contribution in [0.4, 0.5) is 0 Å². The van der Waals surface area contributed by atoms with Gasteiger partial charge in [-0.1, -0.05) is 25.1 Å². The van der Waals surface area contributed by atoms with Gasteiger partial charge in [-0.15, -0.1) is 0 Å². The second-order valence-corrected chi connectivity index (χ2v) is 6.37. The Morgan fingerprint density at radius 3 is 3.00 bits per heavy atom. The number of aromatic amines is 1. The summed E-state index contributed by atoms with van der Waals surface area (Å²) in [5.41, 5.74) is 1.82. The molecule has 0 bridgehead atoms.